The number of hydrazine groups is 1. The summed E-state index contributed by atoms with van der Waals surface area (Å²) < 4.78 is 5.38. The normalized spacial score (nSPS) is 12.2. The molecule has 2 rings (SSSR count). The Morgan fingerprint density at radius 1 is 1.25 bits per heavy atom. The van der Waals surface area contributed by atoms with Gasteiger partial charge in [-0.15, -0.1) is 0 Å². The fourth-order valence-electron chi connectivity index (χ4n) is 2.36. The van der Waals surface area contributed by atoms with Crippen molar-refractivity contribution < 1.29 is 4.74 Å². The predicted molar refractivity (Wildman–Crippen MR) is 83.0 cm³/mol. The maximum atomic E-state index is 6.07. The highest BCUT2D eigenvalue weighted by Crippen LogP contribution is 2.28. The summed E-state index contributed by atoms with van der Waals surface area (Å²) in [4.78, 5) is 0. The van der Waals surface area contributed by atoms with Gasteiger partial charge in [0.1, 0.15) is 5.75 Å². The molecule has 0 spiro atoms. The van der Waals surface area contributed by atoms with Gasteiger partial charge in [0.25, 0.3) is 0 Å². The molecule has 0 radical (unpaired) electrons. The van der Waals surface area contributed by atoms with Gasteiger partial charge in [-0.25, -0.2) is 0 Å². The maximum Gasteiger partial charge on any atom is 0.122 e. The summed E-state index contributed by atoms with van der Waals surface area (Å²) >= 11 is 6.07. The van der Waals surface area contributed by atoms with Gasteiger partial charge in [-0.2, -0.15) is 0 Å². The lowest BCUT2D eigenvalue weighted by Gasteiger charge is -2.20. The first-order valence-corrected chi connectivity index (χ1v) is 6.87. The Hall–Kier alpha value is -1.55. The Morgan fingerprint density at radius 3 is 2.65 bits per heavy atom. The van der Waals surface area contributed by atoms with E-state index in [4.69, 9.17) is 22.2 Å². The molecule has 0 fully saturated rings. The van der Waals surface area contributed by atoms with E-state index < -0.39 is 0 Å². The van der Waals surface area contributed by atoms with Crippen LogP contribution in [0.25, 0.3) is 0 Å². The molecule has 0 aliphatic carbocycles. The minimum absolute atomic E-state index is 0.0172. The highest BCUT2D eigenvalue weighted by atomic mass is 35.5. The van der Waals surface area contributed by atoms with Gasteiger partial charge < -0.3 is 4.74 Å². The standard InChI is InChI=1S/C16H19ClN2O/c1-11-5-3-4-6-14(11)15(19-18)10-12-9-13(17)7-8-16(12)20-2/h3-9,15,19H,10,18H2,1-2H3. The van der Waals surface area contributed by atoms with Crippen molar-refractivity contribution in [1.82, 2.24) is 5.43 Å². The molecule has 0 aliphatic heterocycles. The number of benzene rings is 2. The van der Waals surface area contributed by atoms with Crippen molar-refractivity contribution in [3.63, 3.8) is 0 Å². The SMILES string of the molecule is COc1ccc(Cl)cc1CC(NN)c1ccccc1C. The molecule has 0 heterocycles. The number of methoxy groups -OCH3 is 1. The predicted octanol–water partition coefficient (Wildman–Crippen LogP) is 3.40. The Kier molecular flexibility index (Phi) is 5.01. The first-order valence-electron chi connectivity index (χ1n) is 6.49. The third-order valence-corrected chi connectivity index (χ3v) is 3.67. The van der Waals surface area contributed by atoms with Gasteiger partial charge in [-0.3, -0.25) is 11.3 Å². The third-order valence-electron chi connectivity index (χ3n) is 3.43. The molecule has 0 aromatic heterocycles. The van der Waals surface area contributed by atoms with Crippen molar-refractivity contribution in [3.05, 3.63) is 64.2 Å². The number of aryl methyl sites for hydroxylation is 1. The van der Waals surface area contributed by atoms with Crippen molar-refractivity contribution in [2.24, 2.45) is 5.84 Å². The van der Waals surface area contributed by atoms with Crippen molar-refractivity contribution in [1.29, 1.82) is 0 Å². The van der Waals surface area contributed by atoms with Crippen LogP contribution >= 0.6 is 11.6 Å². The van der Waals surface area contributed by atoms with E-state index in [0.29, 0.717) is 11.4 Å². The van der Waals surface area contributed by atoms with Gasteiger partial charge in [0, 0.05) is 5.02 Å². The van der Waals surface area contributed by atoms with Crippen LogP contribution < -0.4 is 16.0 Å². The highest BCUT2D eigenvalue weighted by molar-refractivity contribution is 6.30. The van der Waals surface area contributed by atoms with Crippen molar-refractivity contribution in [2.45, 2.75) is 19.4 Å². The molecule has 0 saturated heterocycles. The maximum absolute atomic E-state index is 6.07. The lowest BCUT2D eigenvalue weighted by molar-refractivity contribution is 0.405. The molecular formula is C16H19ClN2O. The number of halogens is 1. The average Bonchev–Trinajstić information content (AvgIpc) is 2.46. The van der Waals surface area contributed by atoms with E-state index in [9.17, 15) is 0 Å². The van der Waals surface area contributed by atoms with Gasteiger partial charge in [0.15, 0.2) is 0 Å². The van der Waals surface area contributed by atoms with Gasteiger partial charge in [-0.05, 0) is 48.2 Å². The smallest absolute Gasteiger partial charge is 0.122 e. The largest absolute Gasteiger partial charge is 0.496 e. The average molecular weight is 291 g/mol. The van der Waals surface area contributed by atoms with Crippen molar-refractivity contribution in [2.75, 3.05) is 7.11 Å². The number of hydrogen-bond acceptors (Lipinski definition) is 3. The summed E-state index contributed by atoms with van der Waals surface area (Å²) in [5, 5.41) is 0.696. The molecule has 0 saturated carbocycles. The molecule has 20 heavy (non-hydrogen) atoms. The molecule has 1 atom stereocenters. The molecule has 1 unspecified atom stereocenters. The molecule has 2 aromatic carbocycles. The van der Waals surface area contributed by atoms with Gasteiger partial charge in [0.05, 0.1) is 13.2 Å². The van der Waals surface area contributed by atoms with Crippen LogP contribution in [-0.2, 0) is 6.42 Å². The zero-order valence-corrected chi connectivity index (χ0v) is 12.4. The summed E-state index contributed by atoms with van der Waals surface area (Å²) in [5.74, 6) is 6.55. The number of hydrogen-bond donors (Lipinski definition) is 2. The van der Waals surface area contributed by atoms with Crippen LogP contribution in [-0.4, -0.2) is 7.11 Å². The molecule has 4 heteroatoms. The Labute approximate surface area is 124 Å². The minimum atomic E-state index is 0.0172. The number of rotatable bonds is 5. The second-order valence-corrected chi connectivity index (χ2v) is 5.17. The van der Waals surface area contributed by atoms with Crippen molar-refractivity contribution in [3.8, 4) is 5.75 Å². The van der Waals surface area contributed by atoms with Crippen LogP contribution in [0.5, 0.6) is 5.75 Å². The Balaban J connectivity index is 2.31. The van der Waals surface area contributed by atoms with Crippen LogP contribution in [0.4, 0.5) is 0 Å². The summed E-state index contributed by atoms with van der Waals surface area (Å²) in [6, 6.07) is 13.8. The van der Waals surface area contributed by atoms with E-state index in [-0.39, 0.29) is 6.04 Å². The first kappa shape index (κ1) is 14.9. The molecule has 3 N–H and O–H groups in total. The van der Waals surface area contributed by atoms with Crippen LogP contribution in [0.1, 0.15) is 22.7 Å². The molecule has 0 aliphatic rings. The lowest BCUT2D eigenvalue weighted by Crippen LogP contribution is -2.30. The van der Waals surface area contributed by atoms with Crippen LogP contribution in [0, 0.1) is 6.92 Å². The second-order valence-electron chi connectivity index (χ2n) is 4.74. The zero-order valence-electron chi connectivity index (χ0n) is 11.7. The van der Waals surface area contributed by atoms with E-state index in [1.54, 1.807) is 7.11 Å². The topological polar surface area (TPSA) is 47.3 Å². The second kappa shape index (κ2) is 6.75. The fraction of sp³-hybridized carbons (Fsp3) is 0.250. The summed E-state index contributed by atoms with van der Waals surface area (Å²) in [5.41, 5.74) is 6.30. The van der Waals surface area contributed by atoms with Gasteiger partial charge in [0.2, 0.25) is 0 Å². The van der Waals surface area contributed by atoms with Gasteiger partial charge in [-0.1, -0.05) is 35.9 Å². The van der Waals surface area contributed by atoms with Crippen LogP contribution in [0.15, 0.2) is 42.5 Å². The first-order chi connectivity index (χ1) is 9.65. The zero-order chi connectivity index (χ0) is 14.5. The summed E-state index contributed by atoms with van der Waals surface area (Å²) in [6.07, 6.45) is 0.713. The Morgan fingerprint density at radius 2 is 2.00 bits per heavy atom. The molecule has 0 amide bonds. The lowest BCUT2D eigenvalue weighted by atomic mass is 9.95. The summed E-state index contributed by atoms with van der Waals surface area (Å²) in [6.45, 7) is 2.08. The van der Waals surface area contributed by atoms with E-state index in [1.165, 1.54) is 11.1 Å². The van der Waals surface area contributed by atoms with Crippen molar-refractivity contribution >= 4 is 11.6 Å². The van der Waals surface area contributed by atoms with Gasteiger partial charge >= 0.3 is 0 Å². The van der Waals surface area contributed by atoms with E-state index in [0.717, 1.165) is 11.3 Å². The monoisotopic (exact) mass is 290 g/mol. The Bertz CT molecular complexity index is 586. The number of nitrogens with one attached hydrogen (secondary N) is 1. The van der Waals surface area contributed by atoms with E-state index >= 15 is 0 Å². The minimum Gasteiger partial charge on any atom is -0.496 e. The molecule has 0 bridgehead atoms. The molecule has 2 aromatic rings. The molecule has 106 valence electrons. The fourth-order valence-corrected chi connectivity index (χ4v) is 2.56. The third kappa shape index (κ3) is 3.31. The molecular weight excluding hydrogens is 272 g/mol. The number of ether oxygens (including phenoxy) is 1. The van der Waals surface area contributed by atoms with Crippen LogP contribution in [0.3, 0.4) is 0 Å². The quantitative estimate of drug-likeness (QED) is 0.655. The molecule has 3 nitrogen and oxygen atoms in total. The highest BCUT2D eigenvalue weighted by Gasteiger charge is 2.15. The van der Waals surface area contributed by atoms with E-state index in [2.05, 4.69) is 24.5 Å². The summed E-state index contributed by atoms with van der Waals surface area (Å²) in [7, 11) is 1.66. The van der Waals surface area contributed by atoms with E-state index in [1.807, 2.05) is 30.3 Å². The number of nitrogens with two attached hydrogens (primary N) is 1. The van der Waals surface area contributed by atoms with Crippen LogP contribution in [0.2, 0.25) is 5.02 Å².